The summed E-state index contributed by atoms with van der Waals surface area (Å²) in [4.78, 5) is 12.8. The van der Waals surface area contributed by atoms with E-state index in [2.05, 4.69) is 15.5 Å². The third-order valence-corrected chi connectivity index (χ3v) is 5.97. The SMILES string of the molecule is CS(=O)(=O)N1Cc2ccccc2CC1C(=O)NCc1nnc2ccccn12. The van der Waals surface area contributed by atoms with Crippen LogP contribution in [0.5, 0.6) is 0 Å². The van der Waals surface area contributed by atoms with E-state index in [0.29, 0.717) is 17.9 Å². The second-order valence-electron chi connectivity index (χ2n) is 6.56. The fraction of sp³-hybridized carbons (Fsp3) is 0.278. The third kappa shape index (κ3) is 3.43. The average Bonchev–Trinajstić information content (AvgIpc) is 3.07. The highest BCUT2D eigenvalue weighted by Gasteiger charge is 2.36. The first-order valence-electron chi connectivity index (χ1n) is 8.53. The molecule has 0 bridgehead atoms. The van der Waals surface area contributed by atoms with Crippen molar-refractivity contribution in [2.24, 2.45) is 0 Å². The monoisotopic (exact) mass is 385 g/mol. The normalized spacial score (nSPS) is 17.6. The number of carbonyl (C=O) groups excluding carboxylic acids is 1. The van der Waals surface area contributed by atoms with Crippen LogP contribution >= 0.6 is 0 Å². The summed E-state index contributed by atoms with van der Waals surface area (Å²) in [5.74, 6) is 0.240. The maximum atomic E-state index is 12.8. The lowest BCUT2D eigenvalue weighted by Gasteiger charge is -2.34. The number of sulfonamides is 1. The van der Waals surface area contributed by atoms with Gasteiger partial charge in [0.1, 0.15) is 6.04 Å². The number of nitrogens with zero attached hydrogens (tertiary/aromatic N) is 4. The number of pyridine rings is 1. The number of aromatic nitrogens is 3. The number of hydrogen-bond acceptors (Lipinski definition) is 5. The van der Waals surface area contributed by atoms with Crippen LogP contribution in [0.3, 0.4) is 0 Å². The molecule has 27 heavy (non-hydrogen) atoms. The quantitative estimate of drug-likeness (QED) is 0.714. The Morgan fingerprint density at radius 1 is 1.15 bits per heavy atom. The van der Waals surface area contributed by atoms with Gasteiger partial charge in [0.05, 0.1) is 12.8 Å². The predicted octanol–water partition coefficient (Wildman–Crippen LogP) is 0.732. The van der Waals surface area contributed by atoms with Crippen molar-refractivity contribution in [3.05, 3.63) is 65.6 Å². The highest BCUT2D eigenvalue weighted by Crippen LogP contribution is 2.25. The number of carbonyl (C=O) groups is 1. The number of fused-ring (bicyclic) bond motifs is 2. The first-order chi connectivity index (χ1) is 12.9. The minimum Gasteiger partial charge on any atom is -0.347 e. The van der Waals surface area contributed by atoms with E-state index in [-0.39, 0.29) is 19.0 Å². The highest BCUT2D eigenvalue weighted by atomic mass is 32.2. The Balaban J connectivity index is 1.56. The number of rotatable bonds is 4. The molecule has 1 aliphatic rings. The molecule has 8 nitrogen and oxygen atoms in total. The van der Waals surface area contributed by atoms with E-state index >= 15 is 0 Å². The van der Waals surface area contributed by atoms with Crippen LogP contribution in [-0.4, -0.2) is 45.5 Å². The zero-order valence-electron chi connectivity index (χ0n) is 14.7. The second kappa shape index (κ2) is 6.75. The van der Waals surface area contributed by atoms with Crippen molar-refractivity contribution in [1.29, 1.82) is 0 Å². The summed E-state index contributed by atoms with van der Waals surface area (Å²) in [7, 11) is -3.53. The van der Waals surface area contributed by atoms with Gasteiger partial charge in [-0.2, -0.15) is 4.31 Å². The average molecular weight is 385 g/mol. The summed E-state index contributed by atoms with van der Waals surface area (Å²) in [6.07, 6.45) is 3.29. The summed E-state index contributed by atoms with van der Waals surface area (Å²) in [5.41, 5.74) is 2.60. The number of amides is 1. The Kier molecular flexibility index (Phi) is 4.40. The molecule has 0 fully saturated rings. The third-order valence-electron chi connectivity index (χ3n) is 4.74. The molecule has 1 amide bonds. The van der Waals surface area contributed by atoms with Crippen LogP contribution in [0.15, 0.2) is 48.7 Å². The fourth-order valence-electron chi connectivity index (χ4n) is 3.37. The van der Waals surface area contributed by atoms with E-state index in [9.17, 15) is 13.2 Å². The number of nitrogens with one attached hydrogen (secondary N) is 1. The van der Waals surface area contributed by atoms with E-state index in [1.807, 2.05) is 48.7 Å². The molecule has 2 aromatic heterocycles. The van der Waals surface area contributed by atoms with E-state index < -0.39 is 16.1 Å². The van der Waals surface area contributed by atoms with Crippen LogP contribution in [0.25, 0.3) is 5.65 Å². The molecule has 3 aromatic rings. The number of hydrogen-bond donors (Lipinski definition) is 1. The summed E-state index contributed by atoms with van der Waals surface area (Å²) in [6, 6.07) is 12.3. The molecule has 0 saturated carbocycles. The lowest BCUT2D eigenvalue weighted by Crippen LogP contribution is -2.52. The van der Waals surface area contributed by atoms with Crippen molar-refractivity contribution in [3.63, 3.8) is 0 Å². The molecule has 0 aliphatic carbocycles. The summed E-state index contributed by atoms with van der Waals surface area (Å²) >= 11 is 0. The van der Waals surface area contributed by atoms with Crippen molar-refractivity contribution >= 4 is 21.6 Å². The molecule has 0 radical (unpaired) electrons. The molecule has 1 aliphatic heterocycles. The molecule has 1 aromatic carbocycles. The van der Waals surface area contributed by atoms with Crippen molar-refractivity contribution in [3.8, 4) is 0 Å². The van der Waals surface area contributed by atoms with E-state index in [4.69, 9.17) is 0 Å². The lowest BCUT2D eigenvalue weighted by atomic mass is 9.95. The molecular weight excluding hydrogens is 366 g/mol. The van der Waals surface area contributed by atoms with Crippen molar-refractivity contribution in [2.45, 2.75) is 25.6 Å². The molecular formula is C18H19N5O3S. The van der Waals surface area contributed by atoms with Gasteiger partial charge in [0.25, 0.3) is 0 Å². The van der Waals surface area contributed by atoms with E-state index in [0.717, 1.165) is 17.4 Å². The van der Waals surface area contributed by atoms with Gasteiger partial charge in [-0.3, -0.25) is 9.20 Å². The lowest BCUT2D eigenvalue weighted by molar-refractivity contribution is -0.125. The van der Waals surface area contributed by atoms with Crippen LogP contribution in [0.1, 0.15) is 17.0 Å². The summed E-state index contributed by atoms with van der Waals surface area (Å²) in [5, 5.41) is 10.9. The topological polar surface area (TPSA) is 96.7 Å². The second-order valence-corrected chi connectivity index (χ2v) is 8.49. The highest BCUT2D eigenvalue weighted by molar-refractivity contribution is 7.88. The van der Waals surface area contributed by atoms with Crippen LogP contribution in [-0.2, 0) is 34.3 Å². The predicted molar refractivity (Wildman–Crippen MR) is 99.2 cm³/mol. The summed E-state index contributed by atoms with van der Waals surface area (Å²) < 4.78 is 27.5. The fourth-order valence-corrected chi connectivity index (χ4v) is 4.37. The molecule has 3 heterocycles. The minimum atomic E-state index is -3.53. The smallest absolute Gasteiger partial charge is 0.239 e. The van der Waals surface area contributed by atoms with Crippen molar-refractivity contribution in [2.75, 3.05) is 6.26 Å². The van der Waals surface area contributed by atoms with Gasteiger partial charge in [-0.1, -0.05) is 30.3 Å². The standard InChI is InChI=1S/C18H19N5O3S/c1-27(25,26)23-12-14-7-3-2-6-13(14)10-15(23)18(24)19-11-17-21-20-16-8-4-5-9-22(16)17/h2-9,15H,10-12H2,1H3,(H,19,24). The van der Waals surface area contributed by atoms with Gasteiger partial charge >= 0.3 is 0 Å². The Bertz CT molecular complexity index is 1110. The van der Waals surface area contributed by atoms with Gasteiger partial charge in [-0.25, -0.2) is 8.42 Å². The zero-order chi connectivity index (χ0) is 19.0. The van der Waals surface area contributed by atoms with Gasteiger partial charge < -0.3 is 5.32 Å². The van der Waals surface area contributed by atoms with Crippen LogP contribution in [0, 0.1) is 0 Å². The van der Waals surface area contributed by atoms with Gasteiger partial charge in [0.15, 0.2) is 11.5 Å². The molecule has 1 N–H and O–H groups in total. The van der Waals surface area contributed by atoms with Crippen LogP contribution in [0.4, 0.5) is 0 Å². The Hall–Kier alpha value is -2.78. The molecule has 140 valence electrons. The Labute approximate surface area is 156 Å². The van der Waals surface area contributed by atoms with E-state index in [1.165, 1.54) is 4.31 Å². The molecule has 1 atom stereocenters. The largest absolute Gasteiger partial charge is 0.347 e. The number of benzene rings is 1. The van der Waals surface area contributed by atoms with Gasteiger partial charge in [-0.15, -0.1) is 10.2 Å². The molecule has 0 spiro atoms. The molecule has 4 rings (SSSR count). The zero-order valence-corrected chi connectivity index (χ0v) is 15.6. The Morgan fingerprint density at radius 2 is 1.89 bits per heavy atom. The van der Waals surface area contributed by atoms with Gasteiger partial charge in [0.2, 0.25) is 15.9 Å². The van der Waals surface area contributed by atoms with Gasteiger partial charge in [-0.05, 0) is 29.7 Å². The van der Waals surface area contributed by atoms with Crippen molar-refractivity contribution in [1.82, 2.24) is 24.2 Å². The molecule has 9 heteroatoms. The molecule has 0 saturated heterocycles. The Morgan fingerprint density at radius 3 is 2.67 bits per heavy atom. The van der Waals surface area contributed by atoms with Gasteiger partial charge in [0, 0.05) is 12.7 Å². The van der Waals surface area contributed by atoms with E-state index in [1.54, 1.807) is 4.40 Å². The first kappa shape index (κ1) is 17.6. The maximum absolute atomic E-state index is 12.8. The van der Waals surface area contributed by atoms with Crippen LogP contribution < -0.4 is 5.32 Å². The first-order valence-corrected chi connectivity index (χ1v) is 10.4. The van der Waals surface area contributed by atoms with Crippen LogP contribution in [0.2, 0.25) is 0 Å². The minimum absolute atomic E-state index is 0.166. The summed E-state index contributed by atoms with van der Waals surface area (Å²) in [6.45, 7) is 0.362. The van der Waals surface area contributed by atoms with Crippen molar-refractivity contribution < 1.29 is 13.2 Å². The maximum Gasteiger partial charge on any atom is 0.239 e. The molecule has 1 unspecified atom stereocenters.